The van der Waals surface area contributed by atoms with Gasteiger partial charge in [-0.05, 0) is 12.1 Å². The van der Waals surface area contributed by atoms with E-state index in [1.807, 2.05) is 18.2 Å². The summed E-state index contributed by atoms with van der Waals surface area (Å²) in [5, 5.41) is 6.04. The predicted octanol–water partition coefficient (Wildman–Crippen LogP) is 1.14. The zero-order valence-corrected chi connectivity index (χ0v) is 11.2. The van der Waals surface area contributed by atoms with E-state index in [0.29, 0.717) is 24.6 Å². The topological polar surface area (TPSA) is 62.8 Å². The van der Waals surface area contributed by atoms with Crippen LogP contribution in [0.1, 0.15) is 0 Å². The molecule has 0 saturated carbocycles. The van der Waals surface area contributed by atoms with E-state index in [1.165, 1.54) is 0 Å². The van der Waals surface area contributed by atoms with Gasteiger partial charge in [0.15, 0.2) is 11.5 Å². The quantitative estimate of drug-likeness (QED) is 0.809. The standard InChI is InChI=1S/C13H19N3O3/c1-18-11-4-3-10(9-12(11)19-2)14-5-7-16-8-6-15-13(16)17/h3-4,9,14H,5-8H2,1-2H3,(H,15,17). The molecule has 0 atom stereocenters. The zero-order valence-electron chi connectivity index (χ0n) is 11.2. The first-order chi connectivity index (χ1) is 9.24. The van der Waals surface area contributed by atoms with Gasteiger partial charge in [0.1, 0.15) is 0 Å². The van der Waals surface area contributed by atoms with Gasteiger partial charge in [0, 0.05) is 37.9 Å². The fourth-order valence-corrected chi connectivity index (χ4v) is 2.01. The van der Waals surface area contributed by atoms with E-state index in [2.05, 4.69) is 10.6 Å². The summed E-state index contributed by atoms with van der Waals surface area (Å²) in [7, 11) is 3.22. The molecule has 1 heterocycles. The minimum Gasteiger partial charge on any atom is -0.493 e. The van der Waals surface area contributed by atoms with Crippen molar-refractivity contribution in [1.29, 1.82) is 0 Å². The third kappa shape index (κ3) is 3.21. The van der Waals surface area contributed by atoms with Crippen LogP contribution in [-0.4, -0.2) is 51.3 Å². The highest BCUT2D eigenvalue weighted by Crippen LogP contribution is 2.29. The van der Waals surface area contributed by atoms with Gasteiger partial charge in [0.05, 0.1) is 14.2 Å². The number of urea groups is 1. The van der Waals surface area contributed by atoms with Crippen molar-refractivity contribution >= 4 is 11.7 Å². The number of amides is 2. The number of anilines is 1. The van der Waals surface area contributed by atoms with E-state index in [1.54, 1.807) is 19.1 Å². The lowest BCUT2D eigenvalue weighted by molar-refractivity contribution is 0.219. The minimum atomic E-state index is 0.00844. The Morgan fingerprint density at radius 2 is 2.11 bits per heavy atom. The number of benzene rings is 1. The van der Waals surface area contributed by atoms with E-state index in [9.17, 15) is 4.79 Å². The average molecular weight is 265 g/mol. The van der Waals surface area contributed by atoms with Crippen LogP contribution in [0.15, 0.2) is 18.2 Å². The molecule has 1 aromatic carbocycles. The average Bonchev–Trinajstić information content (AvgIpc) is 2.84. The molecule has 6 nitrogen and oxygen atoms in total. The van der Waals surface area contributed by atoms with Crippen LogP contribution in [0.3, 0.4) is 0 Å². The lowest BCUT2D eigenvalue weighted by Gasteiger charge is -2.15. The van der Waals surface area contributed by atoms with E-state index < -0.39 is 0 Å². The van der Waals surface area contributed by atoms with Crippen molar-refractivity contribution in [1.82, 2.24) is 10.2 Å². The summed E-state index contributed by atoms with van der Waals surface area (Å²) in [4.78, 5) is 13.1. The number of carbonyl (C=O) groups excluding carboxylic acids is 1. The second-order valence-corrected chi connectivity index (χ2v) is 4.22. The highest BCUT2D eigenvalue weighted by Gasteiger charge is 2.18. The van der Waals surface area contributed by atoms with Crippen molar-refractivity contribution in [2.24, 2.45) is 0 Å². The van der Waals surface area contributed by atoms with Crippen molar-refractivity contribution in [3.8, 4) is 11.5 Å². The van der Waals surface area contributed by atoms with Crippen molar-refractivity contribution in [3.63, 3.8) is 0 Å². The molecule has 2 amide bonds. The smallest absolute Gasteiger partial charge is 0.317 e. The Kier molecular flexibility index (Phi) is 4.33. The second-order valence-electron chi connectivity index (χ2n) is 4.22. The first kappa shape index (κ1) is 13.3. The van der Waals surface area contributed by atoms with Gasteiger partial charge < -0.3 is 25.0 Å². The SMILES string of the molecule is COc1ccc(NCCN2CCNC2=O)cc1OC. The van der Waals surface area contributed by atoms with E-state index in [4.69, 9.17) is 9.47 Å². The molecule has 0 spiro atoms. The van der Waals surface area contributed by atoms with Gasteiger partial charge in [-0.1, -0.05) is 0 Å². The molecule has 2 rings (SSSR count). The molecular weight excluding hydrogens is 246 g/mol. The Labute approximate surface area is 112 Å². The molecule has 0 bridgehead atoms. The number of hydrogen-bond acceptors (Lipinski definition) is 4. The van der Waals surface area contributed by atoms with E-state index in [-0.39, 0.29) is 6.03 Å². The third-order valence-corrected chi connectivity index (χ3v) is 3.04. The van der Waals surface area contributed by atoms with Crippen LogP contribution in [0.5, 0.6) is 11.5 Å². The largest absolute Gasteiger partial charge is 0.493 e. The third-order valence-electron chi connectivity index (χ3n) is 3.04. The summed E-state index contributed by atoms with van der Waals surface area (Å²) in [6, 6.07) is 5.66. The molecule has 1 aliphatic heterocycles. The van der Waals surface area contributed by atoms with Crippen molar-refractivity contribution in [2.45, 2.75) is 0 Å². The van der Waals surface area contributed by atoms with Crippen molar-refractivity contribution in [2.75, 3.05) is 45.7 Å². The summed E-state index contributed by atoms with van der Waals surface area (Å²) in [6.45, 7) is 2.88. The number of nitrogens with zero attached hydrogens (tertiary/aromatic N) is 1. The molecule has 0 radical (unpaired) electrons. The molecule has 1 fully saturated rings. The minimum absolute atomic E-state index is 0.00844. The molecule has 1 saturated heterocycles. The summed E-state index contributed by atoms with van der Waals surface area (Å²) in [5.74, 6) is 1.39. The Morgan fingerprint density at radius 1 is 1.32 bits per heavy atom. The maximum atomic E-state index is 11.4. The van der Waals surface area contributed by atoms with Crippen LogP contribution in [0.2, 0.25) is 0 Å². The molecular formula is C13H19N3O3. The van der Waals surface area contributed by atoms with Gasteiger partial charge >= 0.3 is 6.03 Å². The van der Waals surface area contributed by atoms with E-state index in [0.717, 1.165) is 18.8 Å². The predicted molar refractivity (Wildman–Crippen MR) is 73.0 cm³/mol. The number of ether oxygens (including phenoxy) is 2. The van der Waals surface area contributed by atoms with Crippen LogP contribution in [-0.2, 0) is 0 Å². The Morgan fingerprint density at radius 3 is 2.74 bits per heavy atom. The normalized spacial score (nSPS) is 14.2. The monoisotopic (exact) mass is 265 g/mol. The first-order valence-corrected chi connectivity index (χ1v) is 6.23. The van der Waals surface area contributed by atoms with Crippen LogP contribution < -0.4 is 20.1 Å². The molecule has 1 aliphatic rings. The zero-order chi connectivity index (χ0) is 13.7. The van der Waals surface area contributed by atoms with Crippen molar-refractivity contribution in [3.05, 3.63) is 18.2 Å². The number of rotatable bonds is 6. The van der Waals surface area contributed by atoms with Gasteiger partial charge in [-0.25, -0.2) is 4.79 Å². The number of hydrogen-bond donors (Lipinski definition) is 2. The van der Waals surface area contributed by atoms with Crippen LogP contribution in [0.25, 0.3) is 0 Å². The molecule has 0 aliphatic carbocycles. The summed E-state index contributed by atoms with van der Waals surface area (Å²) in [6.07, 6.45) is 0. The molecule has 19 heavy (non-hydrogen) atoms. The summed E-state index contributed by atoms with van der Waals surface area (Å²) < 4.78 is 10.4. The maximum absolute atomic E-state index is 11.4. The van der Waals surface area contributed by atoms with Gasteiger partial charge in [-0.3, -0.25) is 0 Å². The fourth-order valence-electron chi connectivity index (χ4n) is 2.01. The van der Waals surface area contributed by atoms with Crippen LogP contribution in [0, 0.1) is 0 Å². The Balaban J connectivity index is 1.87. The number of carbonyl (C=O) groups is 1. The Hall–Kier alpha value is -2.11. The first-order valence-electron chi connectivity index (χ1n) is 6.23. The molecule has 1 aromatic rings. The van der Waals surface area contributed by atoms with E-state index >= 15 is 0 Å². The lowest BCUT2D eigenvalue weighted by Crippen LogP contribution is -2.32. The Bertz CT molecular complexity index is 451. The molecule has 0 aromatic heterocycles. The maximum Gasteiger partial charge on any atom is 0.317 e. The molecule has 104 valence electrons. The molecule has 6 heteroatoms. The lowest BCUT2D eigenvalue weighted by atomic mass is 10.2. The summed E-state index contributed by atoms with van der Waals surface area (Å²) in [5.41, 5.74) is 0.942. The number of methoxy groups -OCH3 is 2. The number of nitrogens with one attached hydrogen (secondary N) is 2. The highest BCUT2D eigenvalue weighted by atomic mass is 16.5. The van der Waals surface area contributed by atoms with Crippen LogP contribution in [0.4, 0.5) is 10.5 Å². The molecule has 0 unspecified atom stereocenters. The fraction of sp³-hybridized carbons (Fsp3) is 0.462. The van der Waals surface area contributed by atoms with Gasteiger partial charge in [0.25, 0.3) is 0 Å². The van der Waals surface area contributed by atoms with Gasteiger partial charge in [0.2, 0.25) is 0 Å². The van der Waals surface area contributed by atoms with Gasteiger partial charge in [-0.15, -0.1) is 0 Å². The highest BCUT2D eigenvalue weighted by molar-refractivity contribution is 5.76. The summed E-state index contributed by atoms with van der Waals surface area (Å²) >= 11 is 0. The van der Waals surface area contributed by atoms with Crippen LogP contribution >= 0.6 is 0 Å². The van der Waals surface area contributed by atoms with Crippen molar-refractivity contribution < 1.29 is 14.3 Å². The van der Waals surface area contributed by atoms with Gasteiger partial charge in [-0.2, -0.15) is 0 Å². The molecule has 2 N–H and O–H groups in total. The second kappa shape index (κ2) is 6.17.